The molecule has 0 bridgehead atoms. The van der Waals surface area contributed by atoms with Crippen molar-refractivity contribution in [3.8, 4) is 0 Å². The van der Waals surface area contributed by atoms with Gasteiger partial charge in [0.05, 0.1) is 11.6 Å². The van der Waals surface area contributed by atoms with E-state index in [2.05, 4.69) is 0 Å². The molecule has 0 fully saturated rings. The van der Waals surface area contributed by atoms with Crippen LogP contribution in [0.4, 0.5) is 0 Å². The van der Waals surface area contributed by atoms with Crippen molar-refractivity contribution < 1.29 is 9.53 Å². The number of esters is 1. The van der Waals surface area contributed by atoms with E-state index in [1.165, 1.54) is 0 Å². The van der Waals surface area contributed by atoms with Crippen molar-refractivity contribution in [3.63, 3.8) is 0 Å². The monoisotopic (exact) mass is 231 g/mol. The van der Waals surface area contributed by atoms with Gasteiger partial charge in [-0.25, -0.2) is 0 Å². The normalized spacial score (nSPS) is 11.0. The van der Waals surface area contributed by atoms with E-state index >= 15 is 0 Å². The Balaban J connectivity index is 4.70. The smallest absolute Gasteiger partial charge is 0.318 e. The summed E-state index contributed by atoms with van der Waals surface area (Å²) in [4.78, 5) is 14.4. The van der Waals surface area contributed by atoms with Gasteiger partial charge in [-0.3, -0.25) is 4.79 Å². The van der Waals surface area contributed by atoms with Crippen LogP contribution in [0, 0.1) is 5.41 Å². The van der Waals surface area contributed by atoms with Crippen LogP contribution >= 0.6 is 12.2 Å². The summed E-state index contributed by atoms with van der Waals surface area (Å²) < 4.78 is 5.01. The fraction of sp³-hybridized carbons (Fsp3) is 0.818. The highest BCUT2D eigenvalue weighted by molar-refractivity contribution is 7.80. The van der Waals surface area contributed by atoms with E-state index in [9.17, 15) is 4.79 Å². The predicted molar refractivity (Wildman–Crippen MR) is 65.9 cm³/mol. The van der Waals surface area contributed by atoms with Gasteiger partial charge >= 0.3 is 5.97 Å². The molecule has 0 saturated carbocycles. The van der Waals surface area contributed by atoms with Gasteiger partial charge in [-0.05, 0) is 34.6 Å². The minimum atomic E-state index is -0.711. The second kappa shape index (κ2) is 6.05. The summed E-state index contributed by atoms with van der Waals surface area (Å²) in [5.74, 6) is -0.248. The van der Waals surface area contributed by atoms with Crippen LogP contribution in [-0.4, -0.2) is 35.6 Å². The number of hydrogen-bond acceptors (Lipinski definition) is 3. The second-order valence-corrected chi connectivity index (χ2v) is 4.21. The first-order chi connectivity index (χ1) is 6.91. The van der Waals surface area contributed by atoms with E-state index in [1.807, 2.05) is 32.6 Å². The zero-order valence-corrected chi connectivity index (χ0v) is 11.1. The van der Waals surface area contributed by atoms with E-state index in [-0.39, 0.29) is 5.97 Å². The van der Waals surface area contributed by atoms with E-state index in [1.54, 1.807) is 6.92 Å². The molecule has 0 saturated heterocycles. The van der Waals surface area contributed by atoms with Crippen molar-refractivity contribution >= 4 is 23.2 Å². The molecule has 0 aliphatic rings. The molecule has 0 atom stereocenters. The minimum absolute atomic E-state index is 0.248. The van der Waals surface area contributed by atoms with E-state index in [0.29, 0.717) is 11.6 Å². The highest BCUT2D eigenvalue weighted by atomic mass is 32.1. The predicted octanol–water partition coefficient (Wildman–Crippen LogP) is 2.24. The van der Waals surface area contributed by atoms with Gasteiger partial charge < -0.3 is 9.64 Å². The molecule has 0 aromatic carbocycles. The Hall–Kier alpha value is -0.640. The first-order valence-corrected chi connectivity index (χ1v) is 5.79. The third kappa shape index (κ3) is 3.45. The van der Waals surface area contributed by atoms with Gasteiger partial charge in [-0.15, -0.1) is 0 Å². The maximum Gasteiger partial charge on any atom is 0.318 e. The summed E-state index contributed by atoms with van der Waals surface area (Å²) in [6.07, 6.45) is 0. The largest absolute Gasteiger partial charge is 0.465 e. The van der Waals surface area contributed by atoms with Gasteiger partial charge in [0.2, 0.25) is 0 Å². The quantitative estimate of drug-likeness (QED) is 0.536. The number of nitrogens with zero attached hydrogens (tertiary/aromatic N) is 1. The molecule has 0 radical (unpaired) electrons. The van der Waals surface area contributed by atoms with Crippen molar-refractivity contribution in [1.29, 1.82) is 0 Å². The SMILES string of the molecule is CCOC(=O)C(C)(C)C(=S)N(CC)CC. The fourth-order valence-electron chi connectivity index (χ4n) is 1.30. The average Bonchev–Trinajstić information content (AvgIpc) is 2.19. The van der Waals surface area contributed by atoms with Gasteiger partial charge in [0.15, 0.2) is 0 Å². The van der Waals surface area contributed by atoms with Crippen molar-refractivity contribution in [2.75, 3.05) is 19.7 Å². The van der Waals surface area contributed by atoms with Gasteiger partial charge in [0.1, 0.15) is 5.41 Å². The van der Waals surface area contributed by atoms with Crippen LogP contribution in [-0.2, 0) is 9.53 Å². The molecule has 0 N–H and O–H groups in total. The molecule has 0 rings (SSSR count). The molecule has 0 aliphatic heterocycles. The van der Waals surface area contributed by atoms with Crippen LogP contribution in [0.1, 0.15) is 34.6 Å². The molecule has 3 nitrogen and oxygen atoms in total. The zero-order valence-electron chi connectivity index (χ0n) is 10.3. The van der Waals surface area contributed by atoms with Crippen LogP contribution in [0.5, 0.6) is 0 Å². The number of rotatable bonds is 5. The molecule has 88 valence electrons. The van der Waals surface area contributed by atoms with Crippen LogP contribution in [0.2, 0.25) is 0 Å². The molecule has 0 aliphatic carbocycles. The van der Waals surface area contributed by atoms with Crippen molar-refractivity contribution in [2.45, 2.75) is 34.6 Å². The lowest BCUT2D eigenvalue weighted by atomic mass is 9.92. The Bertz CT molecular complexity index is 235. The van der Waals surface area contributed by atoms with Crippen molar-refractivity contribution in [1.82, 2.24) is 4.90 Å². The van der Waals surface area contributed by atoms with Crippen LogP contribution in [0.25, 0.3) is 0 Å². The van der Waals surface area contributed by atoms with Crippen molar-refractivity contribution in [2.24, 2.45) is 5.41 Å². The Kier molecular flexibility index (Phi) is 5.80. The number of ether oxygens (including phenoxy) is 1. The first kappa shape index (κ1) is 14.4. The van der Waals surface area contributed by atoms with E-state index in [4.69, 9.17) is 17.0 Å². The molecule has 0 heterocycles. The fourth-order valence-corrected chi connectivity index (χ4v) is 1.65. The summed E-state index contributed by atoms with van der Waals surface area (Å²) in [6.45, 7) is 11.5. The molecule has 0 amide bonds. The highest BCUT2D eigenvalue weighted by Crippen LogP contribution is 2.22. The maximum absolute atomic E-state index is 11.7. The van der Waals surface area contributed by atoms with Gasteiger partial charge in [-0.2, -0.15) is 0 Å². The minimum Gasteiger partial charge on any atom is -0.465 e. The average molecular weight is 231 g/mol. The van der Waals surface area contributed by atoms with E-state index < -0.39 is 5.41 Å². The van der Waals surface area contributed by atoms with Gasteiger partial charge in [0, 0.05) is 13.1 Å². The van der Waals surface area contributed by atoms with Gasteiger partial charge in [-0.1, -0.05) is 12.2 Å². The molecule has 0 unspecified atom stereocenters. The Morgan fingerprint density at radius 1 is 1.27 bits per heavy atom. The lowest BCUT2D eigenvalue weighted by molar-refractivity contribution is -0.149. The molecule has 0 aromatic heterocycles. The summed E-state index contributed by atoms with van der Waals surface area (Å²) in [7, 11) is 0. The highest BCUT2D eigenvalue weighted by Gasteiger charge is 2.36. The number of carbonyl (C=O) groups excluding carboxylic acids is 1. The summed E-state index contributed by atoms with van der Waals surface area (Å²) in [5.41, 5.74) is -0.711. The first-order valence-electron chi connectivity index (χ1n) is 5.38. The molecule has 4 heteroatoms. The summed E-state index contributed by atoms with van der Waals surface area (Å²) in [6, 6.07) is 0. The Morgan fingerprint density at radius 3 is 2.07 bits per heavy atom. The number of hydrogen-bond donors (Lipinski definition) is 0. The summed E-state index contributed by atoms with van der Waals surface area (Å²) in [5, 5.41) is 0. The summed E-state index contributed by atoms with van der Waals surface area (Å²) >= 11 is 5.33. The lowest BCUT2D eigenvalue weighted by Gasteiger charge is -2.31. The Morgan fingerprint density at radius 2 is 1.73 bits per heavy atom. The molecule has 15 heavy (non-hydrogen) atoms. The second-order valence-electron chi connectivity index (χ2n) is 3.82. The Labute approximate surface area is 97.8 Å². The van der Waals surface area contributed by atoms with Crippen molar-refractivity contribution in [3.05, 3.63) is 0 Å². The molecule has 0 aromatic rings. The molecular weight excluding hydrogens is 210 g/mol. The number of carbonyl (C=O) groups is 1. The van der Waals surface area contributed by atoms with Gasteiger partial charge in [0.25, 0.3) is 0 Å². The zero-order chi connectivity index (χ0) is 12.1. The molecular formula is C11H21NO2S. The maximum atomic E-state index is 11.7. The standard InChI is InChI=1S/C11H21NO2S/c1-6-12(7-2)9(15)11(4,5)10(13)14-8-3/h6-8H2,1-5H3. The topological polar surface area (TPSA) is 29.5 Å². The van der Waals surface area contributed by atoms with E-state index in [0.717, 1.165) is 13.1 Å². The van der Waals surface area contributed by atoms with Crippen LogP contribution in [0.3, 0.4) is 0 Å². The molecule has 0 spiro atoms. The lowest BCUT2D eigenvalue weighted by Crippen LogP contribution is -2.44. The van der Waals surface area contributed by atoms with Crippen LogP contribution in [0.15, 0.2) is 0 Å². The third-order valence-electron chi connectivity index (χ3n) is 2.37. The third-order valence-corrected chi connectivity index (χ3v) is 3.14. The van der Waals surface area contributed by atoms with Crippen LogP contribution < -0.4 is 0 Å². The number of thiocarbonyl (C=S) groups is 1.